The maximum Gasteiger partial charge on any atom is 0.257 e. The average Bonchev–Trinajstić information content (AvgIpc) is 3.04. The molecule has 34 heavy (non-hydrogen) atoms. The third-order valence-electron chi connectivity index (χ3n) is 5.81. The molecule has 0 spiro atoms. The van der Waals surface area contributed by atoms with Crippen LogP contribution in [0, 0.1) is 27.7 Å². The standard InChI is InChI=1S/C26H31N5O3/c1-16-12-17(2)14-20(13-16)25(32)29-26(27-9-8-22-18(3)30-31(5)19(22)4)28-21-6-7-23-24(15-21)34-11-10-33-23/h6-7,12-15H,8-11H2,1-5H3,(H2,27,28,29,32). The van der Waals surface area contributed by atoms with E-state index < -0.39 is 0 Å². The van der Waals surface area contributed by atoms with Crippen molar-refractivity contribution in [3.8, 4) is 11.5 Å². The van der Waals surface area contributed by atoms with Gasteiger partial charge in [0.2, 0.25) is 5.96 Å². The Morgan fingerprint density at radius 2 is 1.74 bits per heavy atom. The van der Waals surface area contributed by atoms with Crippen molar-refractivity contribution in [1.29, 1.82) is 0 Å². The number of aryl methyl sites for hydroxylation is 4. The maximum atomic E-state index is 13.0. The van der Waals surface area contributed by atoms with Crippen molar-refractivity contribution in [1.82, 2.24) is 15.1 Å². The minimum absolute atomic E-state index is 0.218. The molecule has 0 aliphatic carbocycles. The summed E-state index contributed by atoms with van der Waals surface area (Å²) in [6.45, 7) is 9.54. The van der Waals surface area contributed by atoms with Crippen LogP contribution < -0.4 is 20.1 Å². The Hall–Kier alpha value is -3.81. The van der Waals surface area contributed by atoms with Crippen molar-refractivity contribution >= 4 is 17.6 Å². The van der Waals surface area contributed by atoms with Gasteiger partial charge in [-0.15, -0.1) is 0 Å². The topological polar surface area (TPSA) is 89.8 Å². The van der Waals surface area contributed by atoms with Gasteiger partial charge in [0.25, 0.3) is 5.91 Å². The molecule has 1 amide bonds. The van der Waals surface area contributed by atoms with E-state index in [9.17, 15) is 4.79 Å². The minimum atomic E-state index is -0.218. The van der Waals surface area contributed by atoms with Crippen molar-refractivity contribution in [2.45, 2.75) is 34.1 Å². The van der Waals surface area contributed by atoms with Crippen LogP contribution in [0.1, 0.15) is 38.4 Å². The number of hydrogen-bond donors (Lipinski definition) is 2. The molecule has 1 aliphatic rings. The Kier molecular flexibility index (Phi) is 6.86. The molecule has 8 nitrogen and oxygen atoms in total. The van der Waals surface area contributed by atoms with Crippen LogP contribution in [0.5, 0.6) is 11.5 Å². The molecule has 0 fully saturated rings. The summed E-state index contributed by atoms with van der Waals surface area (Å²) in [6.07, 6.45) is 0.719. The number of hydrogen-bond acceptors (Lipinski definition) is 5. The number of aromatic nitrogens is 2. The van der Waals surface area contributed by atoms with E-state index in [1.165, 1.54) is 5.56 Å². The molecule has 0 bridgehead atoms. The second kappa shape index (κ2) is 9.99. The number of amides is 1. The zero-order chi connectivity index (χ0) is 24.2. The van der Waals surface area contributed by atoms with Gasteiger partial charge in [0.1, 0.15) is 13.2 Å². The van der Waals surface area contributed by atoms with Gasteiger partial charge in [-0.3, -0.25) is 19.8 Å². The fourth-order valence-corrected chi connectivity index (χ4v) is 4.11. The number of carbonyl (C=O) groups is 1. The molecule has 2 aromatic carbocycles. The number of carbonyl (C=O) groups excluding carboxylic acids is 1. The van der Waals surface area contributed by atoms with Crippen LogP contribution in [0.4, 0.5) is 5.69 Å². The number of fused-ring (bicyclic) bond motifs is 1. The maximum absolute atomic E-state index is 13.0. The van der Waals surface area contributed by atoms with Gasteiger partial charge in [0.15, 0.2) is 11.5 Å². The van der Waals surface area contributed by atoms with Crippen molar-refractivity contribution in [3.05, 3.63) is 70.0 Å². The number of ether oxygens (including phenoxy) is 2. The lowest BCUT2D eigenvalue weighted by Crippen LogP contribution is -2.36. The summed E-state index contributed by atoms with van der Waals surface area (Å²) in [4.78, 5) is 17.7. The smallest absolute Gasteiger partial charge is 0.257 e. The third-order valence-corrected chi connectivity index (χ3v) is 5.81. The Morgan fingerprint density at radius 1 is 1.03 bits per heavy atom. The molecular weight excluding hydrogens is 430 g/mol. The van der Waals surface area contributed by atoms with Crippen LogP contribution >= 0.6 is 0 Å². The second-order valence-electron chi connectivity index (χ2n) is 8.57. The summed E-state index contributed by atoms with van der Waals surface area (Å²) >= 11 is 0. The number of nitrogens with zero attached hydrogens (tertiary/aromatic N) is 3. The Labute approximate surface area is 200 Å². The van der Waals surface area contributed by atoms with Crippen LogP contribution in [0.3, 0.4) is 0 Å². The monoisotopic (exact) mass is 461 g/mol. The number of aliphatic imine (C=N–C) groups is 1. The van der Waals surface area contributed by atoms with E-state index in [2.05, 4.69) is 22.7 Å². The predicted molar refractivity (Wildman–Crippen MR) is 133 cm³/mol. The van der Waals surface area contributed by atoms with E-state index in [0.29, 0.717) is 42.8 Å². The first kappa shape index (κ1) is 23.4. The molecule has 3 aromatic rings. The van der Waals surface area contributed by atoms with Crippen molar-refractivity contribution in [2.75, 3.05) is 25.1 Å². The van der Waals surface area contributed by atoms with E-state index in [1.54, 1.807) is 0 Å². The van der Waals surface area contributed by atoms with Crippen LogP contribution in [0.2, 0.25) is 0 Å². The fraction of sp³-hybridized carbons (Fsp3) is 0.346. The van der Waals surface area contributed by atoms with Gasteiger partial charge in [0.05, 0.1) is 5.69 Å². The SMILES string of the molecule is Cc1cc(C)cc(C(=O)NC(=NCCc2c(C)nn(C)c2C)Nc2ccc3c(c2)OCCO3)c1. The molecule has 2 N–H and O–H groups in total. The Balaban J connectivity index is 1.55. The van der Waals surface area contributed by atoms with Crippen LogP contribution in [-0.2, 0) is 13.5 Å². The van der Waals surface area contributed by atoms with E-state index in [0.717, 1.165) is 34.6 Å². The van der Waals surface area contributed by atoms with Crippen molar-refractivity contribution in [3.63, 3.8) is 0 Å². The minimum Gasteiger partial charge on any atom is -0.486 e. The quantitative estimate of drug-likeness (QED) is 0.445. The van der Waals surface area contributed by atoms with E-state index in [-0.39, 0.29) is 5.91 Å². The molecule has 0 atom stereocenters. The number of benzene rings is 2. The van der Waals surface area contributed by atoms with Gasteiger partial charge in [-0.1, -0.05) is 17.2 Å². The van der Waals surface area contributed by atoms with Crippen LogP contribution in [0.15, 0.2) is 41.4 Å². The normalized spacial score (nSPS) is 13.0. The summed E-state index contributed by atoms with van der Waals surface area (Å²) < 4.78 is 13.2. The van der Waals surface area contributed by atoms with Crippen molar-refractivity contribution < 1.29 is 14.3 Å². The third kappa shape index (κ3) is 5.39. The largest absolute Gasteiger partial charge is 0.486 e. The Morgan fingerprint density at radius 3 is 2.41 bits per heavy atom. The number of anilines is 1. The van der Waals surface area contributed by atoms with Gasteiger partial charge in [-0.05, 0) is 63.9 Å². The molecule has 0 unspecified atom stereocenters. The highest BCUT2D eigenvalue weighted by Crippen LogP contribution is 2.32. The molecule has 1 aromatic heterocycles. The first-order valence-electron chi connectivity index (χ1n) is 11.4. The van der Waals surface area contributed by atoms with Crippen LogP contribution in [-0.4, -0.2) is 41.4 Å². The first-order valence-corrected chi connectivity index (χ1v) is 11.4. The molecule has 4 rings (SSSR count). The van der Waals surface area contributed by atoms with Gasteiger partial charge in [-0.25, -0.2) is 0 Å². The Bertz CT molecular complexity index is 1230. The molecule has 0 saturated carbocycles. The van der Waals surface area contributed by atoms with Gasteiger partial charge >= 0.3 is 0 Å². The molecule has 0 saturated heterocycles. The highest BCUT2D eigenvalue weighted by atomic mass is 16.6. The second-order valence-corrected chi connectivity index (χ2v) is 8.57. The number of nitrogens with one attached hydrogen (secondary N) is 2. The van der Waals surface area contributed by atoms with E-state index in [1.807, 2.05) is 68.9 Å². The predicted octanol–water partition coefficient (Wildman–Crippen LogP) is 3.87. The fourth-order valence-electron chi connectivity index (χ4n) is 4.11. The molecule has 8 heteroatoms. The zero-order valence-corrected chi connectivity index (χ0v) is 20.4. The summed E-state index contributed by atoms with van der Waals surface area (Å²) in [5, 5.41) is 10.7. The highest BCUT2D eigenvalue weighted by molar-refractivity contribution is 6.10. The molecular formula is C26H31N5O3. The highest BCUT2D eigenvalue weighted by Gasteiger charge is 2.15. The number of rotatable bonds is 5. The summed E-state index contributed by atoms with van der Waals surface area (Å²) in [5.74, 6) is 1.53. The lowest BCUT2D eigenvalue weighted by Gasteiger charge is -2.19. The van der Waals surface area contributed by atoms with Gasteiger partial charge in [0, 0.05) is 36.6 Å². The van der Waals surface area contributed by atoms with Gasteiger partial charge < -0.3 is 14.8 Å². The average molecular weight is 462 g/mol. The molecule has 1 aliphatic heterocycles. The summed E-state index contributed by atoms with van der Waals surface area (Å²) in [5.41, 5.74) is 6.69. The summed E-state index contributed by atoms with van der Waals surface area (Å²) in [6, 6.07) is 11.4. The lowest BCUT2D eigenvalue weighted by molar-refractivity contribution is 0.0976. The molecule has 2 heterocycles. The summed E-state index contributed by atoms with van der Waals surface area (Å²) in [7, 11) is 1.94. The van der Waals surface area contributed by atoms with Crippen LogP contribution in [0.25, 0.3) is 0 Å². The van der Waals surface area contributed by atoms with Gasteiger partial charge in [-0.2, -0.15) is 5.10 Å². The van der Waals surface area contributed by atoms with Crippen molar-refractivity contribution in [2.24, 2.45) is 12.0 Å². The first-order chi connectivity index (χ1) is 16.3. The number of guanidine groups is 1. The van der Waals surface area contributed by atoms with E-state index >= 15 is 0 Å². The lowest BCUT2D eigenvalue weighted by atomic mass is 10.1. The zero-order valence-electron chi connectivity index (χ0n) is 20.4. The van der Waals surface area contributed by atoms with E-state index in [4.69, 9.17) is 14.5 Å². The molecule has 178 valence electrons. The molecule has 0 radical (unpaired) electrons.